The predicted octanol–water partition coefficient (Wildman–Crippen LogP) is 4.11. The van der Waals surface area contributed by atoms with E-state index in [1.165, 1.54) is 0 Å². The fourth-order valence-electron chi connectivity index (χ4n) is 3.18. The minimum Gasteiger partial charge on any atom is -0.497 e. The maximum Gasteiger partial charge on any atom is 0.327 e. The molecule has 0 spiro atoms. The SMILES string of the molecule is CCOC(=O)Cn1nc(-c2cccc(OC)c2)c(C)c1-c1cccc(OC)c1. The van der Waals surface area contributed by atoms with Gasteiger partial charge in [0.25, 0.3) is 0 Å². The van der Waals surface area contributed by atoms with E-state index >= 15 is 0 Å². The maximum atomic E-state index is 12.1. The Morgan fingerprint density at radius 3 is 2.21 bits per heavy atom. The van der Waals surface area contributed by atoms with Gasteiger partial charge in [0.05, 0.1) is 32.2 Å². The molecule has 0 radical (unpaired) electrons. The molecule has 1 heterocycles. The summed E-state index contributed by atoms with van der Waals surface area (Å²) in [7, 11) is 3.26. The van der Waals surface area contributed by atoms with E-state index in [1.54, 1.807) is 25.8 Å². The first-order valence-corrected chi connectivity index (χ1v) is 9.09. The van der Waals surface area contributed by atoms with E-state index in [0.29, 0.717) is 6.61 Å². The Hall–Kier alpha value is -3.28. The lowest BCUT2D eigenvalue weighted by Gasteiger charge is -2.09. The number of methoxy groups -OCH3 is 2. The summed E-state index contributed by atoms with van der Waals surface area (Å²) in [5.41, 5.74) is 4.45. The lowest BCUT2D eigenvalue weighted by molar-refractivity contribution is -0.144. The van der Waals surface area contributed by atoms with Crippen LogP contribution in [0.5, 0.6) is 11.5 Å². The van der Waals surface area contributed by atoms with E-state index in [-0.39, 0.29) is 12.5 Å². The van der Waals surface area contributed by atoms with Crippen molar-refractivity contribution in [3.63, 3.8) is 0 Å². The highest BCUT2D eigenvalue weighted by atomic mass is 16.5. The second-order valence-electron chi connectivity index (χ2n) is 6.25. The zero-order chi connectivity index (χ0) is 20.1. The van der Waals surface area contributed by atoms with Gasteiger partial charge in [-0.2, -0.15) is 5.10 Å². The van der Waals surface area contributed by atoms with Crippen LogP contribution in [0, 0.1) is 6.92 Å². The number of aromatic nitrogens is 2. The van der Waals surface area contributed by atoms with E-state index in [9.17, 15) is 4.79 Å². The molecule has 0 fully saturated rings. The van der Waals surface area contributed by atoms with Gasteiger partial charge in [0, 0.05) is 16.7 Å². The Morgan fingerprint density at radius 1 is 1.00 bits per heavy atom. The lowest BCUT2D eigenvalue weighted by atomic mass is 10.0. The van der Waals surface area contributed by atoms with Gasteiger partial charge in [-0.05, 0) is 38.1 Å². The van der Waals surface area contributed by atoms with E-state index in [4.69, 9.17) is 19.3 Å². The van der Waals surface area contributed by atoms with Crippen molar-refractivity contribution in [2.45, 2.75) is 20.4 Å². The molecule has 6 heteroatoms. The average Bonchev–Trinajstić information content (AvgIpc) is 3.04. The maximum absolute atomic E-state index is 12.1. The van der Waals surface area contributed by atoms with Gasteiger partial charge in [-0.1, -0.05) is 24.3 Å². The molecule has 1 aromatic heterocycles. The van der Waals surface area contributed by atoms with E-state index < -0.39 is 0 Å². The molecule has 3 rings (SSSR count). The second kappa shape index (κ2) is 8.61. The van der Waals surface area contributed by atoms with Crippen molar-refractivity contribution >= 4 is 5.97 Å². The normalized spacial score (nSPS) is 10.6. The summed E-state index contributed by atoms with van der Waals surface area (Å²) in [6.07, 6.45) is 0. The smallest absolute Gasteiger partial charge is 0.327 e. The average molecular weight is 380 g/mol. The highest BCUT2D eigenvalue weighted by Gasteiger charge is 2.20. The molecule has 0 aliphatic carbocycles. The van der Waals surface area contributed by atoms with Crippen LogP contribution in [0.2, 0.25) is 0 Å². The molecule has 28 heavy (non-hydrogen) atoms. The van der Waals surface area contributed by atoms with E-state index in [0.717, 1.165) is 39.6 Å². The van der Waals surface area contributed by atoms with Gasteiger partial charge in [0.1, 0.15) is 18.0 Å². The third-order valence-electron chi connectivity index (χ3n) is 4.46. The molecule has 0 aliphatic heterocycles. The van der Waals surface area contributed by atoms with Crippen molar-refractivity contribution in [1.82, 2.24) is 9.78 Å². The fourth-order valence-corrected chi connectivity index (χ4v) is 3.18. The van der Waals surface area contributed by atoms with Crippen LogP contribution in [0.3, 0.4) is 0 Å². The van der Waals surface area contributed by atoms with Crippen LogP contribution in [-0.2, 0) is 16.1 Å². The van der Waals surface area contributed by atoms with Crippen LogP contribution in [0.4, 0.5) is 0 Å². The van der Waals surface area contributed by atoms with Gasteiger partial charge in [0.2, 0.25) is 0 Å². The van der Waals surface area contributed by atoms with Gasteiger partial charge in [-0.3, -0.25) is 9.48 Å². The number of rotatable bonds is 7. The molecule has 0 unspecified atom stereocenters. The summed E-state index contributed by atoms with van der Waals surface area (Å²) < 4.78 is 17.5. The summed E-state index contributed by atoms with van der Waals surface area (Å²) in [4.78, 5) is 12.1. The molecular formula is C22H24N2O4. The Bertz CT molecular complexity index is 978. The summed E-state index contributed by atoms with van der Waals surface area (Å²) in [5.74, 6) is 1.16. The number of nitrogens with zero attached hydrogens (tertiary/aromatic N) is 2. The summed E-state index contributed by atoms with van der Waals surface area (Å²) in [6, 6.07) is 15.4. The molecule has 0 saturated heterocycles. The van der Waals surface area contributed by atoms with Gasteiger partial charge < -0.3 is 14.2 Å². The lowest BCUT2D eigenvalue weighted by Crippen LogP contribution is -2.15. The van der Waals surface area contributed by atoms with Crippen molar-refractivity contribution < 1.29 is 19.0 Å². The van der Waals surface area contributed by atoms with Crippen molar-refractivity contribution in [2.24, 2.45) is 0 Å². The van der Waals surface area contributed by atoms with Crippen LogP contribution in [0.1, 0.15) is 12.5 Å². The summed E-state index contributed by atoms with van der Waals surface area (Å²) in [6.45, 7) is 4.15. The Balaban J connectivity index is 2.14. The van der Waals surface area contributed by atoms with Crippen LogP contribution < -0.4 is 9.47 Å². The topological polar surface area (TPSA) is 62.6 Å². The first-order valence-electron chi connectivity index (χ1n) is 9.09. The second-order valence-corrected chi connectivity index (χ2v) is 6.25. The molecule has 146 valence electrons. The zero-order valence-corrected chi connectivity index (χ0v) is 16.6. The number of carbonyl (C=O) groups is 1. The number of ether oxygens (including phenoxy) is 3. The number of esters is 1. The minimum atomic E-state index is -0.327. The van der Waals surface area contributed by atoms with E-state index in [1.807, 2.05) is 55.5 Å². The minimum absolute atomic E-state index is 0.0329. The highest BCUT2D eigenvalue weighted by molar-refractivity contribution is 5.77. The van der Waals surface area contributed by atoms with Crippen molar-refractivity contribution in [2.75, 3.05) is 20.8 Å². The molecule has 0 N–H and O–H groups in total. The first kappa shape index (κ1) is 19.5. The third kappa shape index (κ3) is 4.01. The Morgan fingerprint density at radius 2 is 1.61 bits per heavy atom. The van der Waals surface area contributed by atoms with Gasteiger partial charge in [-0.25, -0.2) is 0 Å². The van der Waals surface area contributed by atoms with Crippen molar-refractivity contribution in [3.05, 3.63) is 54.1 Å². The summed E-state index contributed by atoms with van der Waals surface area (Å²) in [5, 5.41) is 4.73. The fraction of sp³-hybridized carbons (Fsp3) is 0.273. The van der Waals surface area contributed by atoms with Crippen molar-refractivity contribution in [3.8, 4) is 34.0 Å². The summed E-state index contributed by atoms with van der Waals surface area (Å²) >= 11 is 0. The standard InChI is InChI=1S/C22H24N2O4/c1-5-28-20(25)14-24-22(17-9-7-11-19(13-17)27-4)15(2)21(23-24)16-8-6-10-18(12-16)26-3/h6-13H,5,14H2,1-4H3. The molecule has 2 aromatic carbocycles. The molecule has 0 amide bonds. The van der Waals surface area contributed by atoms with Crippen LogP contribution in [0.25, 0.3) is 22.5 Å². The van der Waals surface area contributed by atoms with Gasteiger partial charge in [0.15, 0.2) is 0 Å². The molecular weight excluding hydrogens is 356 g/mol. The van der Waals surface area contributed by atoms with Crippen LogP contribution in [-0.4, -0.2) is 36.6 Å². The van der Waals surface area contributed by atoms with Gasteiger partial charge in [-0.15, -0.1) is 0 Å². The first-order chi connectivity index (χ1) is 13.6. The Kier molecular flexibility index (Phi) is 5.99. The van der Waals surface area contributed by atoms with Crippen LogP contribution >= 0.6 is 0 Å². The molecule has 0 bridgehead atoms. The molecule has 0 aliphatic rings. The Labute approximate surface area is 164 Å². The number of carbonyl (C=O) groups excluding carboxylic acids is 1. The molecule has 0 atom stereocenters. The van der Waals surface area contributed by atoms with Crippen LogP contribution in [0.15, 0.2) is 48.5 Å². The third-order valence-corrected chi connectivity index (χ3v) is 4.46. The predicted molar refractivity (Wildman–Crippen MR) is 108 cm³/mol. The van der Waals surface area contributed by atoms with Gasteiger partial charge >= 0.3 is 5.97 Å². The zero-order valence-electron chi connectivity index (χ0n) is 16.6. The van der Waals surface area contributed by atoms with E-state index in [2.05, 4.69) is 0 Å². The largest absolute Gasteiger partial charge is 0.497 e. The highest BCUT2D eigenvalue weighted by Crippen LogP contribution is 2.34. The number of hydrogen-bond donors (Lipinski definition) is 0. The van der Waals surface area contributed by atoms with Crippen molar-refractivity contribution in [1.29, 1.82) is 0 Å². The monoisotopic (exact) mass is 380 g/mol. The quantitative estimate of drug-likeness (QED) is 0.577. The molecule has 3 aromatic rings. The number of hydrogen-bond acceptors (Lipinski definition) is 5. The number of benzene rings is 2. The molecule has 6 nitrogen and oxygen atoms in total. The molecule has 0 saturated carbocycles.